The van der Waals surface area contributed by atoms with Crippen molar-refractivity contribution in [3.05, 3.63) is 45.5 Å². The molecule has 2 aromatic carbocycles. The summed E-state index contributed by atoms with van der Waals surface area (Å²) < 4.78 is 10.7. The Morgan fingerprint density at radius 2 is 1.96 bits per heavy atom. The van der Waals surface area contributed by atoms with Crippen LogP contribution in [0.15, 0.2) is 41.5 Å². The number of hydrazone groups is 1. The minimum atomic E-state index is -0.563. The Labute approximate surface area is 169 Å². The van der Waals surface area contributed by atoms with Gasteiger partial charge in [0.2, 0.25) is 11.8 Å². The number of nitrogens with zero attached hydrogens (tertiary/aromatic N) is 1. The molecule has 0 saturated heterocycles. The molecule has 8 nitrogen and oxygen atoms in total. The van der Waals surface area contributed by atoms with Gasteiger partial charge in [-0.25, -0.2) is 5.43 Å². The minimum absolute atomic E-state index is 0.0356. The number of anilines is 1. The molecule has 0 saturated carbocycles. The number of benzene rings is 2. The fraction of sp³-hybridized carbons (Fsp3) is 0.167. The van der Waals surface area contributed by atoms with Crippen LogP contribution in [-0.4, -0.2) is 37.4 Å². The highest BCUT2D eigenvalue weighted by Gasteiger charge is 2.10. The number of halogens is 1. The first-order valence-electron chi connectivity index (χ1n) is 7.75. The van der Waals surface area contributed by atoms with E-state index in [0.29, 0.717) is 26.3 Å². The number of phenols is 1. The van der Waals surface area contributed by atoms with E-state index < -0.39 is 11.8 Å². The molecule has 0 bridgehead atoms. The fourth-order valence-corrected chi connectivity index (χ4v) is 2.72. The van der Waals surface area contributed by atoms with Crippen LogP contribution in [0.5, 0.6) is 17.2 Å². The second kappa shape index (κ2) is 9.76. The van der Waals surface area contributed by atoms with Crippen LogP contribution in [0.1, 0.15) is 12.0 Å². The van der Waals surface area contributed by atoms with Gasteiger partial charge in [0.05, 0.1) is 24.0 Å². The number of carbonyl (C=O) groups excluding carboxylic acids is 2. The average Bonchev–Trinajstić information content (AvgIpc) is 2.64. The Morgan fingerprint density at radius 1 is 1.19 bits per heavy atom. The summed E-state index contributed by atoms with van der Waals surface area (Å²) in [5, 5.41) is 16.2. The van der Waals surface area contributed by atoms with E-state index >= 15 is 0 Å². The highest BCUT2D eigenvalue weighted by Crippen LogP contribution is 2.31. The maximum atomic E-state index is 11.9. The van der Waals surface area contributed by atoms with E-state index in [-0.39, 0.29) is 12.2 Å². The van der Waals surface area contributed by atoms with Crippen molar-refractivity contribution >= 4 is 46.3 Å². The summed E-state index contributed by atoms with van der Waals surface area (Å²) in [6.07, 6.45) is 1.01. The predicted octanol–water partition coefficient (Wildman–Crippen LogP) is 2.49. The van der Waals surface area contributed by atoms with Crippen molar-refractivity contribution in [2.24, 2.45) is 5.10 Å². The van der Waals surface area contributed by atoms with Crippen LogP contribution in [0.25, 0.3) is 0 Å². The minimum Gasteiger partial charge on any atom is -0.504 e. The number of hydrogen-bond acceptors (Lipinski definition) is 6. The third-order valence-corrected chi connectivity index (χ3v) is 4.17. The molecule has 0 aromatic heterocycles. The van der Waals surface area contributed by atoms with Crippen molar-refractivity contribution in [1.82, 2.24) is 5.43 Å². The van der Waals surface area contributed by atoms with E-state index in [1.807, 2.05) is 22.6 Å². The summed E-state index contributed by atoms with van der Waals surface area (Å²) in [6.45, 7) is 0. The van der Waals surface area contributed by atoms with Gasteiger partial charge in [-0.15, -0.1) is 0 Å². The van der Waals surface area contributed by atoms with Gasteiger partial charge in [-0.2, -0.15) is 5.10 Å². The third-order valence-electron chi connectivity index (χ3n) is 3.35. The van der Waals surface area contributed by atoms with Gasteiger partial charge >= 0.3 is 0 Å². The molecule has 0 aliphatic heterocycles. The average molecular weight is 483 g/mol. The number of phenolic OH excluding ortho intramolecular Hbond substituents is 1. The lowest BCUT2D eigenvalue weighted by molar-refractivity contribution is -0.126. The van der Waals surface area contributed by atoms with Crippen molar-refractivity contribution in [2.75, 3.05) is 19.5 Å². The van der Waals surface area contributed by atoms with E-state index in [4.69, 9.17) is 9.47 Å². The predicted molar refractivity (Wildman–Crippen MR) is 109 cm³/mol. The Bertz CT molecular complexity index is 870. The number of nitrogens with one attached hydrogen (secondary N) is 2. The smallest absolute Gasteiger partial charge is 0.249 e. The summed E-state index contributed by atoms with van der Waals surface area (Å²) >= 11 is 1.95. The highest BCUT2D eigenvalue weighted by molar-refractivity contribution is 14.1. The van der Waals surface area contributed by atoms with Gasteiger partial charge in [-0.05, 0) is 52.4 Å². The summed E-state index contributed by atoms with van der Waals surface area (Å²) in [5.41, 5.74) is 3.43. The van der Waals surface area contributed by atoms with Gasteiger partial charge < -0.3 is 19.9 Å². The van der Waals surface area contributed by atoms with Gasteiger partial charge in [-0.3, -0.25) is 9.59 Å². The molecule has 0 aliphatic rings. The van der Waals surface area contributed by atoms with Crippen LogP contribution in [0.4, 0.5) is 5.69 Å². The van der Waals surface area contributed by atoms with E-state index in [9.17, 15) is 14.7 Å². The summed E-state index contributed by atoms with van der Waals surface area (Å²) in [7, 11) is 2.96. The molecule has 27 heavy (non-hydrogen) atoms. The quantitative estimate of drug-likeness (QED) is 0.243. The lowest BCUT2D eigenvalue weighted by Crippen LogP contribution is -2.24. The molecule has 0 unspecified atom stereocenters. The van der Waals surface area contributed by atoms with Crippen molar-refractivity contribution in [3.8, 4) is 17.2 Å². The molecule has 3 N–H and O–H groups in total. The molecule has 0 radical (unpaired) electrons. The fourth-order valence-electron chi connectivity index (χ4n) is 2.09. The van der Waals surface area contributed by atoms with Gasteiger partial charge in [-0.1, -0.05) is 6.07 Å². The molecule has 0 spiro atoms. The van der Waals surface area contributed by atoms with Crippen LogP contribution in [0.2, 0.25) is 0 Å². The van der Waals surface area contributed by atoms with Crippen molar-refractivity contribution < 1.29 is 24.2 Å². The third kappa shape index (κ3) is 6.13. The molecule has 0 fully saturated rings. The largest absolute Gasteiger partial charge is 0.504 e. The molecular weight excluding hydrogens is 465 g/mol. The maximum absolute atomic E-state index is 11.9. The summed E-state index contributed by atoms with van der Waals surface area (Å²) in [4.78, 5) is 23.7. The molecule has 0 heterocycles. The number of hydrogen-bond donors (Lipinski definition) is 3. The van der Waals surface area contributed by atoms with Crippen LogP contribution in [-0.2, 0) is 9.59 Å². The Balaban J connectivity index is 1.89. The Hall–Kier alpha value is -2.82. The zero-order valence-corrected chi connectivity index (χ0v) is 16.8. The molecule has 0 atom stereocenters. The first-order valence-corrected chi connectivity index (χ1v) is 8.83. The van der Waals surface area contributed by atoms with Crippen LogP contribution >= 0.6 is 22.6 Å². The standard InChI is InChI=1S/C18H18IN3O5/c1-26-13-5-3-4-12(8-13)21-16(23)9-17(24)22-20-10-11-6-14(19)18(25)15(7-11)27-2/h3-8,10,25H,9H2,1-2H3,(H,21,23)(H,22,24)/b20-10+. The van der Waals surface area contributed by atoms with E-state index in [0.717, 1.165) is 0 Å². The second-order valence-electron chi connectivity index (χ2n) is 5.30. The SMILES string of the molecule is COc1cccc(NC(=O)CC(=O)N/N=C/c2cc(I)c(O)c(OC)c2)c1. The lowest BCUT2D eigenvalue weighted by atomic mass is 10.2. The molecule has 9 heteroatoms. The summed E-state index contributed by atoms with van der Waals surface area (Å²) in [6, 6.07) is 10.1. The summed E-state index contributed by atoms with van der Waals surface area (Å²) in [5.74, 6) is -0.106. The lowest BCUT2D eigenvalue weighted by Gasteiger charge is -2.07. The number of aromatic hydroxyl groups is 1. The van der Waals surface area contributed by atoms with Crippen LogP contribution in [0.3, 0.4) is 0 Å². The topological polar surface area (TPSA) is 109 Å². The zero-order chi connectivity index (χ0) is 19.8. The number of methoxy groups -OCH3 is 2. The molecule has 2 amide bonds. The number of carbonyl (C=O) groups is 2. The number of ether oxygens (including phenoxy) is 2. The number of amides is 2. The first-order chi connectivity index (χ1) is 12.9. The molecule has 2 aromatic rings. The van der Waals surface area contributed by atoms with Gasteiger partial charge in [0.1, 0.15) is 12.2 Å². The molecule has 2 rings (SSSR count). The van der Waals surface area contributed by atoms with E-state index in [2.05, 4.69) is 15.8 Å². The van der Waals surface area contributed by atoms with Crippen molar-refractivity contribution in [2.45, 2.75) is 6.42 Å². The number of rotatable bonds is 7. The van der Waals surface area contributed by atoms with Gasteiger partial charge in [0.25, 0.3) is 0 Å². The Kier molecular flexibility index (Phi) is 7.41. The first kappa shape index (κ1) is 20.5. The Morgan fingerprint density at radius 3 is 2.67 bits per heavy atom. The van der Waals surface area contributed by atoms with Crippen molar-refractivity contribution in [3.63, 3.8) is 0 Å². The van der Waals surface area contributed by atoms with Crippen molar-refractivity contribution in [1.29, 1.82) is 0 Å². The molecule has 0 aliphatic carbocycles. The van der Waals surface area contributed by atoms with E-state index in [1.54, 1.807) is 36.4 Å². The van der Waals surface area contributed by atoms with E-state index in [1.165, 1.54) is 20.4 Å². The highest BCUT2D eigenvalue weighted by atomic mass is 127. The van der Waals surface area contributed by atoms with Crippen LogP contribution in [0, 0.1) is 3.57 Å². The van der Waals surface area contributed by atoms with Crippen LogP contribution < -0.4 is 20.2 Å². The van der Waals surface area contributed by atoms with Gasteiger partial charge in [0, 0.05) is 11.8 Å². The maximum Gasteiger partial charge on any atom is 0.249 e. The molecular formula is C18H18IN3O5. The molecule has 142 valence electrons. The zero-order valence-electron chi connectivity index (χ0n) is 14.7. The second-order valence-corrected chi connectivity index (χ2v) is 6.47. The van der Waals surface area contributed by atoms with Gasteiger partial charge in [0.15, 0.2) is 11.5 Å². The normalized spacial score (nSPS) is 10.5. The monoisotopic (exact) mass is 483 g/mol.